The number of rotatable bonds is 19. The summed E-state index contributed by atoms with van der Waals surface area (Å²) in [5.41, 5.74) is 3.09. The minimum absolute atomic E-state index is 0.152. The maximum absolute atomic E-state index is 11.5. The molecule has 2 rings (SSSR count). The SMILES string of the molecule is CCCCCCCCCCCC.CCOC(=O)CCCc1nc2cc(N(CCCl)CCCl)ccc2n1C. The van der Waals surface area contributed by atoms with Gasteiger partial charge in [0.1, 0.15) is 5.82 Å². The van der Waals surface area contributed by atoms with Crippen LogP contribution in [0.4, 0.5) is 5.69 Å². The number of unbranched alkanes of at least 4 members (excludes halogenated alkanes) is 9. The number of carbonyl (C=O) groups is 1. The number of halogens is 2. The Morgan fingerprint density at radius 1 is 0.892 bits per heavy atom. The van der Waals surface area contributed by atoms with Crippen molar-refractivity contribution in [2.45, 2.75) is 104 Å². The van der Waals surface area contributed by atoms with E-state index >= 15 is 0 Å². The summed E-state index contributed by atoms with van der Waals surface area (Å²) >= 11 is 11.8. The number of aryl methyl sites for hydroxylation is 2. The molecule has 0 saturated heterocycles. The standard InChI is InChI=1S/C18H25Cl2N3O2.C12H26/c1-3-25-18(24)6-4-5-17-21-15-13-14(7-8-16(15)22(17)2)23(11-9-19)12-10-20;1-3-5-7-9-11-12-10-8-6-4-2/h7-8,13H,3-6,9-12H2,1-2H3;3-12H2,1-2H3. The second kappa shape index (κ2) is 21.5. The van der Waals surface area contributed by atoms with Crippen molar-refractivity contribution in [2.75, 3.05) is 36.4 Å². The summed E-state index contributed by atoms with van der Waals surface area (Å²) in [6, 6.07) is 6.22. The lowest BCUT2D eigenvalue weighted by atomic mass is 10.1. The molecule has 37 heavy (non-hydrogen) atoms. The topological polar surface area (TPSA) is 47.4 Å². The fraction of sp³-hybridized carbons (Fsp3) is 0.733. The van der Waals surface area contributed by atoms with Crippen molar-refractivity contribution in [1.29, 1.82) is 0 Å². The van der Waals surface area contributed by atoms with E-state index in [2.05, 4.69) is 41.5 Å². The number of fused-ring (bicyclic) bond motifs is 1. The number of hydrogen-bond donors (Lipinski definition) is 0. The summed E-state index contributed by atoms with van der Waals surface area (Å²) in [7, 11) is 2.00. The third-order valence-corrected chi connectivity index (χ3v) is 6.91. The number of hydrogen-bond acceptors (Lipinski definition) is 4. The molecule has 0 radical (unpaired) electrons. The Bertz CT molecular complexity index is 841. The average Bonchev–Trinajstić information content (AvgIpc) is 3.20. The predicted octanol–water partition coefficient (Wildman–Crippen LogP) is 8.67. The minimum atomic E-state index is -0.152. The van der Waals surface area contributed by atoms with E-state index in [0.717, 1.165) is 48.5 Å². The van der Waals surface area contributed by atoms with Gasteiger partial charge in [-0.1, -0.05) is 78.1 Å². The van der Waals surface area contributed by atoms with Crippen molar-refractivity contribution in [3.63, 3.8) is 0 Å². The predicted molar refractivity (Wildman–Crippen MR) is 161 cm³/mol. The highest BCUT2D eigenvalue weighted by Crippen LogP contribution is 2.23. The Labute approximate surface area is 236 Å². The van der Waals surface area contributed by atoms with Gasteiger partial charge < -0.3 is 14.2 Å². The summed E-state index contributed by atoms with van der Waals surface area (Å²) in [4.78, 5) is 18.4. The molecular weight excluding hydrogens is 505 g/mol. The maximum Gasteiger partial charge on any atom is 0.305 e. The van der Waals surface area contributed by atoms with Crippen LogP contribution in [0.15, 0.2) is 18.2 Å². The van der Waals surface area contributed by atoms with Crippen LogP contribution >= 0.6 is 23.2 Å². The van der Waals surface area contributed by atoms with Crippen molar-refractivity contribution in [3.8, 4) is 0 Å². The van der Waals surface area contributed by atoms with Crippen LogP contribution in [0.2, 0.25) is 0 Å². The fourth-order valence-corrected chi connectivity index (χ4v) is 4.83. The number of nitrogens with zero attached hydrogens (tertiary/aromatic N) is 3. The first kappa shape index (κ1) is 33.6. The van der Waals surface area contributed by atoms with Crippen LogP contribution in [-0.2, 0) is 23.0 Å². The first-order chi connectivity index (χ1) is 18.0. The lowest BCUT2D eigenvalue weighted by Gasteiger charge is -2.22. The van der Waals surface area contributed by atoms with Gasteiger partial charge in [0, 0.05) is 50.4 Å². The van der Waals surface area contributed by atoms with Crippen molar-refractivity contribution in [3.05, 3.63) is 24.0 Å². The van der Waals surface area contributed by atoms with Crippen LogP contribution in [0.3, 0.4) is 0 Å². The fourth-order valence-electron chi connectivity index (χ4n) is 4.42. The molecule has 0 unspecified atom stereocenters. The number of imidazole rings is 1. The second-order valence-electron chi connectivity index (χ2n) is 9.61. The third-order valence-electron chi connectivity index (χ3n) is 6.57. The zero-order valence-corrected chi connectivity index (χ0v) is 25.4. The lowest BCUT2D eigenvalue weighted by Crippen LogP contribution is -2.27. The molecule has 0 amide bonds. The van der Waals surface area contributed by atoms with Crippen LogP contribution in [0.25, 0.3) is 11.0 Å². The van der Waals surface area contributed by atoms with Crippen LogP contribution in [0.5, 0.6) is 0 Å². The van der Waals surface area contributed by atoms with Gasteiger partial charge in [0.2, 0.25) is 0 Å². The monoisotopic (exact) mass is 555 g/mol. The van der Waals surface area contributed by atoms with Crippen LogP contribution in [0.1, 0.15) is 104 Å². The summed E-state index contributed by atoms with van der Waals surface area (Å²) in [5, 5.41) is 0. The molecule has 1 aromatic carbocycles. The highest BCUT2D eigenvalue weighted by atomic mass is 35.5. The lowest BCUT2D eigenvalue weighted by molar-refractivity contribution is -0.143. The zero-order valence-electron chi connectivity index (χ0n) is 23.9. The molecule has 0 aliphatic rings. The van der Waals surface area contributed by atoms with Crippen molar-refractivity contribution in [1.82, 2.24) is 9.55 Å². The number of anilines is 1. The Hall–Kier alpha value is -1.46. The Balaban J connectivity index is 0.000000482. The Morgan fingerprint density at radius 2 is 1.46 bits per heavy atom. The van der Waals surface area contributed by atoms with Gasteiger partial charge in [-0.3, -0.25) is 4.79 Å². The first-order valence-electron chi connectivity index (χ1n) is 14.5. The van der Waals surface area contributed by atoms with Gasteiger partial charge >= 0.3 is 5.97 Å². The number of alkyl halides is 2. The molecule has 1 heterocycles. The molecule has 0 aliphatic carbocycles. The second-order valence-corrected chi connectivity index (χ2v) is 10.4. The van der Waals surface area contributed by atoms with E-state index in [9.17, 15) is 4.79 Å². The quantitative estimate of drug-likeness (QED) is 0.0987. The highest BCUT2D eigenvalue weighted by molar-refractivity contribution is 6.18. The molecule has 0 spiro atoms. The molecule has 0 bridgehead atoms. The summed E-state index contributed by atoms with van der Waals surface area (Å²) in [6.45, 7) is 8.30. The highest BCUT2D eigenvalue weighted by Gasteiger charge is 2.12. The van der Waals surface area contributed by atoms with Gasteiger partial charge in [0.15, 0.2) is 0 Å². The molecule has 1 aromatic heterocycles. The summed E-state index contributed by atoms with van der Waals surface area (Å²) in [6.07, 6.45) is 16.3. The Kier molecular flexibility index (Phi) is 19.5. The summed E-state index contributed by atoms with van der Waals surface area (Å²) in [5.74, 6) is 1.92. The molecule has 212 valence electrons. The van der Waals surface area contributed by atoms with E-state index in [4.69, 9.17) is 32.9 Å². The average molecular weight is 557 g/mol. The molecule has 0 atom stereocenters. The molecule has 0 N–H and O–H groups in total. The number of aromatic nitrogens is 2. The maximum atomic E-state index is 11.5. The van der Waals surface area contributed by atoms with Gasteiger partial charge in [-0.2, -0.15) is 0 Å². The van der Waals surface area contributed by atoms with E-state index < -0.39 is 0 Å². The minimum Gasteiger partial charge on any atom is -0.466 e. The van der Waals surface area contributed by atoms with E-state index in [1.165, 1.54) is 64.2 Å². The van der Waals surface area contributed by atoms with E-state index in [1.54, 1.807) is 0 Å². The van der Waals surface area contributed by atoms with Crippen molar-refractivity contribution in [2.24, 2.45) is 7.05 Å². The first-order valence-corrected chi connectivity index (χ1v) is 15.6. The summed E-state index contributed by atoms with van der Waals surface area (Å²) < 4.78 is 7.04. The van der Waals surface area contributed by atoms with Crippen LogP contribution in [-0.4, -0.2) is 47.0 Å². The molecule has 0 aliphatic heterocycles. The van der Waals surface area contributed by atoms with E-state index in [0.29, 0.717) is 24.8 Å². The number of ether oxygens (including phenoxy) is 1. The largest absolute Gasteiger partial charge is 0.466 e. The molecule has 2 aromatic rings. The van der Waals surface area contributed by atoms with Gasteiger partial charge in [0.05, 0.1) is 17.6 Å². The van der Waals surface area contributed by atoms with Crippen LogP contribution in [0, 0.1) is 0 Å². The molecule has 5 nitrogen and oxygen atoms in total. The van der Waals surface area contributed by atoms with Gasteiger partial charge in [-0.05, 0) is 31.5 Å². The number of benzene rings is 1. The molecule has 7 heteroatoms. The van der Waals surface area contributed by atoms with Crippen LogP contribution < -0.4 is 4.90 Å². The number of esters is 1. The van der Waals surface area contributed by atoms with E-state index in [-0.39, 0.29) is 5.97 Å². The number of carbonyl (C=O) groups excluding carboxylic acids is 1. The van der Waals surface area contributed by atoms with Crippen molar-refractivity contribution >= 4 is 45.9 Å². The molecule has 0 fully saturated rings. The van der Waals surface area contributed by atoms with Gasteiger partial charge in [-0.15, -0.1) is 23.2 Å². The molecular formula is C30H51Cl2N3O2. The normalized spacial score (nSPS) is 10.9. The smallest absolute Gasteiger partial charge is 0.305 e. The molecule has 0 saturated carbocycles. The Morgan fingerprint density at radius 3 is 1.97 bits per heavy atom. The van der Waals surface area contributed by atoms with E-state index in [1.807, 2.05) is 14.0 Å². The van der Waals surface area contributed by atoms with Crippen molar-refractivity contribution < 1.29 is 9.53 Å². The zero-order chi connectivity index (χ0) is 27.3. The third kappa shape index (κ3) is 13.8. The van der Waals surface area contributed by atoms with Gasteiger partial charge in [-0.25, -0.2) is 4.98 Å². The van der Waals surface area contributed by atoms with Gasteiger partial charge in [0.25, 0.3) is 0 Å².